The van der Waals surface area contributed by atoms with Crippen LogP contribution in [0.4, 0.5) is 0 Å². The molecule has 2 aliphatic rings. The summed E-state index contributed by atoms with van der Waals surface area (Å²) >= 11 is 3.90. The molecule has 0 saturated heterocycles. The molecule has 0 nitrogen and oxygen atoms in total. The largest absolute Gasteiger partial charge is 0.247 e. The predicted octanol–water partition coefficient (Wildman–Crippen LogP) is 8.77. The Bertz CT molecular complexity index is 2020. The minimum absolute atomic E-state index is 0.207. The monoisotopic (exact) mass is 554 g/mol. The molecule has 2 aliphatic heterocycles. The maximum absolute atomic E-state index is 2.50. The fraction of sp³-hybridized carbons (Fsp3) is 0. The summed E-state index contributed by atoms with van der Waals surface area (Å²) in [7, 11) is 0. The molecule has 0 spiro atoms. The van der Waals surface area contributed by atoms with Crippen molar-refractivity contribution in [2.24, 2.45) is 0 Å². The highest BCUT2D eigenvalue weighted by Crippen LogP contribution is 2.49. The Morgan fingerprint density at radius 1 is 0.390 bits per heavy atom. The van der Waals surface area contributed by atoms with Gasteiger partial charge in [-0.25, -0.2) is 0 Å². The molecule has 3 heteroatoms. The molecule has 0 atom stereocenters. The van der Waals surface area contributed by atoms with Crippen LogP contribution in [0.1, 0.15) is 0 Å². The molecule has 9 rings (SSSR count). The van der Waals surface area contributed by atoms with Crippen molar-refractivity contribution < 1.29 is 0 Å². The van der Waals surface area contributed by atoms with Gasteiger partial charge in [0, 0.05) is 19.6 Å². The van der Waals surface area contributed by atoms with Gasteiger partial charge in [-0.05, 0) is 67.5 Å². The third kappa shape index (κ3) is 3.53. The smallest absolute Gasteiger partial charge is 0.0905 e. The van der Waals surface area contributed by atoms with E-state index in [9.17, 15) is 0 Å². The first-order chi connectivity index (χ1) is 20.3. The third-order valence-corrected chi connectivity index (χ3v) is 11.1. The van der Waals surface area contributed by atoms with Gasteiger partial charge in [0.1, 0.15) is 0 Å². The minimum atomic E-state index is 0.207. The first-order valence-electron chi connectivity index (χ1n) is 14.1. The van der Waals surface area contributed by atoms with Crippen molar-refractivity contribution in [1.29, 1.82) is 0 Å². The molecule has 2 heterocycles. The summed E-state index contributed by atoms with van der Waals surface area (Å²) in [6, 6.07) is 51.7. The zero-order valence-corrected chi connectivity index (χ0v) is 23.8. The Labute approximate surface area is 248 Å². The molecule has 7 aromatic rings. The summed E-state index contributed by atoms with van der Waals surface area (Å²) in [5, 5.41) is 5.16. The van der Waals surface area contributed by atoms with Crippen LogP contribution in [-0.2, 0) is 0 Å². The first-order valence-corrected chi connectivity index (χ1v) is 15.7. The average Bonchev–Trinajstić information content (AvgIpc) is 3.04. The van der Waals surface area contributed by atoms with E-state index in [1.165, 1.54) is 79.8 Å². The molecular formula is C38H23BS2. The maximum atomic E-state index is 2.50. The predicted molar refractivity (Wildman–Crippen MR) is 178 cm³/mol. The van der Waals surface area contributed by atoms with Gasteiger partial charge in [-0.15, -0.1) is 0 Å². The van der Waals surface area contributed by atoms with E-state index in [-0.39, 0.29) is 6.71 Å². The quantitative estimate of drug-likeness (QED) is 0.196. The molecule has 7 aromatic carbocycles. The highest BCUT2D eigenvalue weighted by Gasteiger charge is 2.40. The van der Waals surface area contributed by atoms with Crippen molar-refractivity contribution in [2.45, 2.75) is 19.6 Å². The van der Waals surface area contributed by atoms with E-state index in [1.807, 2.05) is 23.5 Å². The molecule has 190 valence electrons. The molecule has 0 aliphatic carbocycles. The lowest BCUT2D eigenvalue weighted by Gasteiger charge is -2.35. The van der Waals surface area contributed by atoms with E-state index in [4.69, 9.17) is 0 Å². The Morgan fingerprint density at radius 3 is 1.37 bits per heavy atom. The summed E-state index contributed by atoms with van der Waals surface area (Å²) in [5.74, 6) is 0. The molecule has 0 aromatic heterocycles. The molecule has 0 bridgehead atoms. The standard InChI is InChI=1S/C38H23BS2/c1-3-15-26-24(11-1)13-9-17-28(26)30-23-31(29-18-10-14-25-12-2-4-16-27(25)29)38-36-37(30)40-34-21-7-5-19-32(34)39(36)33-20-6-8-22-35(33)41-38/h1-23H. The SMILES string of the molecule is c1ccc2c(c1)Sc1c(-c3cccc4ccccc34)cc(-c3cccc4ccccc34)c3c1B2c1ccccc1S3. The van der Waals surface area contributed by atoms with Crippen LogP contribution in [0.25, 0.3) is 43.8 Å². The summed E-state index contributed by atoms with van der Waals surface area (Å²) in [6.45, 7) is 0.207. The van der Waals surface area contributed by atoms with E-state index in [1.54, 1.807) is 0 Å². The van der Waals surface area contributed by atoms with Gasteiger partial charge in [0.2, 0.25) is 6.71 Å². The second-order valence-electron chi connectivity index (χ2n) is 10.8. The summed E-state index contributed by atoms with van der Waals surface area (Å²) < 4.78 is 0. The van der Waals surface area contributed by atoms with E-state index in [2.05, 4.69) is 140 Å². The zero-order chi connectivity index (χ0) is 26.9. The Hall–Kier alpha value is -4.18. The van der Waals surface area contributed by atoms with Crippen molar-refractivity contribution in [3.8, 4) is 22.3 Å². The summed E-state index contributed by atoms with van der Waals surface area (Å²) in [4.78, 5) is 5.51. The second kappa shape index (κ2) is 9.17. The van der Waals surface area contributed by atoms with E-state index in [0.29, 0.717) is 0 Å². The topological polar surface area (TPSA) is 0 Å². The van der Waals surface area contributed by atoms with E-state index < -0.39 is 0 Å². The average molecular weight is 555 g/mol. The molecule has 0 N–H and O–H groups in total. The molecule has 41 heavy (non-hydrogen) atoms. The van der Waals surface area contributed by atoms with Gasteiger partial charge < -0.3 is 0 Å². The highest BCUT2D eigenvalue weighted by atomic mass is 32.2. The van der Waals surface area contributed by atoms with Crippen molar-refractivity contribution in [3.63, 3.8) is 0 Å². The Balaban J connectivity index is 1.45. The lowest BCUT2D eigenvalue weighted by Crippen LogP contribution is -2.58. The van der Waals surface area contributed by atoms with Crippen LogP contribution in [0.2, 0.25) is 0 Å². The van der Waals surface area contributed by atoms with E-state index >= 15 is 0 Å². The van der Waals surface area contributed by atoms with Crippen LogP contribution in [0.3, 0.4) is 0 Å². The van der Waals surface area contributed by atoms with Gasteiger partial charge in [-0.1, -0.05) is 156 Å². The van der Waals surface area contributed by atoms with Gasteiger partial charge in [0.15, 0.2) is 0 Å². The normalized spacial score (nSPS) is 13.1. The molecular weight excluding hydrogens is 531 g/mol. The molecule has 0 saturated carbocycles. The van der Waals surface area contributed by atoms with Crippen molar-refractivity contribution in [2.75, 3.05) is 0 Å². The second-order valence-corrected chi connectivity index (χ2v) is 12.9. The van der Waals surface area contributed by atoms with Gasteiger partial charge in [-0.2, -0.15) is 0 Å². The molecule has 0 amide bonds. The Morgan fingerprint density at radius 2 is 0.829 bits per heavy atom. The third-order valence-electron chi connectivity index (χ3n) is 8.60. The number of rotatable bonds is 2. The van der Waals surface area contributed by atoms with Crippen molar-refractivity contribution in [1.82, 2.24) is 0 Å². The number of hydrogen-bond donors (Lipinski definition) is 0. The zero-order valence-electron chi connectivity index (χ0n) is 22.2. The van der Waals surface area contributed by atoms with Gasteiger partial charge in [-0.3, -0.25) is 0 Å². The maximum Gasteiger partial charge on any atom is 0.247 e. The van der Waals surface area contributed by atoms with E-state index in [0.717, 1.165) is 0 Å². The van der Waals surface area contributed by atoms with Gasteiger partial charge >= 0.3 is 0 Å². The Kier molecular flexibility index (Phi) is 5.26. The summed E-state index contributed by atoms with van der Waals surface area (Å²) in [5.41, 5.74) is 9.55. The first kappa shape index (κ1) is 23.5. The van der Waals surface area contributed by atoms with Crippen molar-refractivity contribution >= 4 is 68.2 Å². The van der Waals surface area contributed by atoms with Gasteiger partial charge in [0.05, 0.1) is 0 Å². The number of benzene rings is 7. The van der Waals surface area contributed by atoms with Crippen molar-refractivity contribution in [3.05, 3.63) is 140 Å². The fourth-order valence-corrected chi connectivity index (χ4v) is 9.42. The van der Waals surface area contributed by atoms with Crippen LogP contribution in [0.5, 0.6) is 0 Å². The lowest BCUT2D eigenvalue weighted by molar-refractivity contribution is 1.33. The molecule has 0 fully saturated rings. The molecule has 0 unspecified atom stereocenters. The number of fused-ring (bicyclic) bond motifs is 6. The van der Waals surface area contributed by atoms with Crippen LogP contribution in [0.15, 0.2) is 159 Å². The fourth-order valence-electron chi connectivity index (χ4n) is 6.79. The van der Waals surface area contributed by atoms with Gasteiger partial charge in [0.25, 0.3) is 0 Å². The lowest BCUT2D eigenvalue weighted by atomic mass is 9.36. The summed E-state index contributed by atoms with van der Waals surface area (Å²) in [6.07, 6.45) is 0. The number of hydrogen-bond acceptors (Lipinski definition) is 2. The highest BCUT2D eigenvalue weighted by molar-refractivity contribution is 8.01. The minimum Gasteiger partial charge on any atom is -0.0905 e. The van der Waals surface area contributed by atoms with Crippen LogP contribution >= 0.6 is 23.5 Å². The molecule has 0 radical (unpaired) electrons. The van der Waals surface area contributed by atoms with Crippen LogP contribution < -0.4 is 16.4 Å². The van der Waals surface area contributed by atoms with Crippen LogP contribution in [0, 0.1) is 0 Å². The van der Waals surface area contributed by atoms with Crippen LogP contribution in [-0.4, -0.2) is 6.71 Å².